The molecule has 1 unspecified atom stereocenters. The van der Waals surface area contributed by atoms with Crippen LogP contribution in [0.3, 0.4) is 0 Å². The molecule has 1 fully saturated rings. The molecule has 0 bridgehead atoms. The third-order valence-corrected chi connectivity index (χ3v) is 4.54. The second-order valence-corrected chi connectivity index (χ2v) is 6.26. The van der Waals surface area contributed by atoms with E-state index >= 15 is 0 Å². The van der Waals surface area contributed by atoms with Crippen LogP contribution in [0.4, 0.5) is 10.1 Å². The van der Waals surface area contributed by atoms with Gasteiger partial charge in [-0.15, -0.1) is 0 Å². The standard InChI is InChI=1S/C19H17FN2O4/c20-14-3-1-2-4-15(14)22-10-13(8-18(22)23)19(24)21-9-12-5-6-16-17(7-12)26-11-25-16/h1-7,13H,8-11H2,(H,21,24). The third kappa shape index (κ3) is 3.08. The van der Waals surface area contributed by atoms with E-state index in [1.165, 1.54) is 11.0 Å². The lowest BCUT2D eigenvalue weighted by molar-refractivity contribution is -0.126. The normalized spacial score (nSPS) is 18.3. The number of carbonyl (C=O) groups excluding carboxylic acids is 2. The molecule has 2 aromatic rings. The van der Waals surface area contributed by atoms with Crippen molar-refractivity contribution in [2.75, 3.05) is 18.2 Å². The zero-order valence-corrected chi connectivity index (χ0v) is 13.9. The summed E-state index contributed by atoms with van der Waals surface area (Å²) in [6.45, 7) is 0.688. The van der Waals surface area contributed by atoms with Crippen molar-refractivity contribution in [2.45, 2.75) is 13.0 Å². The van der Waals surface area contributed by atoms with Crippen molar-refractivity contribution < 1.29 is 23.5 Å². The Morgan fingerprint density at radius 2 is 2.00 bits per heavy atom. The van der Waals surface area contributed by atoms with E-state index in [9.17, 15) is 14.0 Å². The van der Waals surface area contributed by atoms with E-state index in [4.69, 9.17) is 9.47 Å². The first-order valence-electron chi connectivity index (χ1n) is 8.33. The molecule has 6 nitrogen and oxygen atoms in total. The zero-order chi connectivity index (χ0) is 18.1. The van der Waals surface area contributed by atoms with Gasteiger partial charge in [0.15, 0.2) is 11.5 Å². The number of benzene rings is 2. The monoisotopic (exact) mass is 356 g/mol. The predicted molar refractivity (Wildman–Crippen MR) is 91.3 cm³/mol. The maximum absolute atomic E-state index is 13.9. The summed E-state index contributed by atoms with van der Waals surface area (Å²) in [5.74, 6) is -0.118. The molecule has 1 saturated heterocycles. The van der Waals surface area contributed by atoms with Crippen molar-refractivity contribution in [1.29, 1.82) is 0 Å². The Morgan fingerprint density at radius 1 is 1.19 bits per heavy atom. The number of nitrogens with zero attached hydrogens (tertiary/aromatic N) is 1. The first kappa shape index (κ1) is 16.4. The molecule has 1 N–H and O–H groups in total. The van der Waals surface area contributed by atoms with Gasteiger partial charge < -0.3 is 19.7 Å². The number of carbonyl (C=O) groups is 2. The number of rotatable bonds is 4. The number of ether oxygens (including phenoxy) is 2. The summed E-state index contributed by atoms with van der Waals surface area (Å²) in [4.78, 5) is 25.9. The summed E-state index contributed by atoms with van der Waals surface area (Å²) >= 11 is 0. The highest BCUT2D eigenvalue weighted by molar-refractivity contribution is 6.00. The second-order valence-electron chi connectivity index (χ2n) is 6.26. The molecule has 1 atom stereocenters. The van der Waals surface area contributed by atoms with Crippen molar-refractivity contribution in [3.05, 3.63) is 53.8 Å². The van der Waals surface area contributed by atoms with E-state index in [-0.39, 0.29) is 37.3 Å². The number of hydrogen-bond acceptors (Lipinski definition) is 4. The first-order chi connectivity index (χ1) is 12.6. The summed E-state index contributed by atoms with van der Waals surface area (Å²) in [5.41, 5.74) is 1.08. The van der Waals surface area contributed by atoms with E-state index in [1.807, 2.05) is 12.1 Å². The van der Waals surface area contributed by atoms with Crippen LogP contribution in [0.5, 0.6) is 11.5 Å². The molecule has 0 aliphatic carbocycles. The van der Waals surface area contributed by atoms with Crippen LogP contribution < -0.4 is 19.7 Å². The van der Waals surface area contributed by atoms with Crippen LogP contribution in [0, 0.1) is 11.7 Å². The van der Waals surface area contributed by atoms with Gasteiger partial charge in [-0.3, -0.25) is 9.59 Å². The minimum atomic E-state index is -0.504. The Morgan fingerprint density at radius 3 is 2.85 bits per heavy atom. The van der Waals surface area contributed by atoms with Gasteiger partial charge in [-0.25, -0.2) is 4.39 Å². The minimum absolute atomic E-state index is 0.0707. The van der Waals surface area contributed by atoms with E-state index in [1.54, 1.807) is 24.3 Å². The number of halogens is 1. The van der Waals surface area contributed by atoms with Gasteiger partial charge >= 0.3 is 0 Å². The number of nitrogens with one attached hydrogen (secondary N) is 1. The topological polar surface area (TPSA) is 67.9 Å². The van der Waals surface area contributed by atoms with Gasteiger partial charge in [-0.2, -0.15) is 0 Å². The lowest BCUT2D eigenvalue weighted by Gasteiger charge is -2.17. The number of anilines is 1. The maximum atomic E-state index is 13.9. The van der Waals surface area contributed by atoms with E-state index < -0.39 is 11.7 Å². The molecule has 7 heteroatoms. The molecular weight excluding hydrogens is 339 g/mol. The van der Waals surface area contributed by atoms with Gasteiger partial charge in [0.25, 0.3) is 0 Å². The van der Waals surface area contributed by atoms with Crippen LogP contribution in [0.2, 0.25) is 0 Å². The SMILES string of the molecule is O=C(NCc1ccc2c(c1)OCO2)C1CC(=O)N(c2ccccc2F)C1. The molecular formula is C19H17FN2O4. The number of para-hydroxylation sites is 1. The van der Waals surface area contributed by atoms with Crippen LogP contribution in [0.15, 0.2) is 42.5 Å². The van der Waals surface area contributed by atoms with Gasteiger partial charge in [-0.05, 0) is 29.8 Å². The smallest absolute Gasteiger partial charge is 0.231 e. The zero-order valence-electron chi connectivity index (χ0n) is 13.9. The molecule has 26 heavy (non-hydrogen) atoms. The summed E-state index contributed by atoms with van der Waals surface area (Å²) in [5, 5.41) is 2.83. The lowest BCUT2D eigenvalue weighted by Crippen LogP contribution is -2.32. The highest BCUT2D eigenvalue weighted by atomic mass is 19.1. The molecule has 2 aliphatic rings. The van der Waals surface area contributed by atoms with Crippen molar-refractivity contribution in [3.63, 3.8) is 0 Å². The van der Waals surface area contributed by atoms with Crippen LogP contribution in [0.1, 0.15) is 12.0 Å². The molecule has 4 rings (SSSR count). The number of fused-ring (bicyclic) bond motifs is 1. The predicted octanol–water partition coefficient (Wildman–Crippen LogP) is 2.22. The summed E-state index contributed by atoms with van der Waals surface area (Å²) in [7, 11) is 0. The highest BCUT2D eigenvalue weighted by Crippen LogP contribution is 2.32. The third-order valence-electron chi connectivity index (χ3n) is 4.54. The number of hydrogen-bond donors (Lipinski definition) is 1. The van der Waals surface area contributed by atoms with Gasteiger partial charge in [0.05, 0.1) is 11.6 Å². The van der Waals surface area contributed by atoms with E-state index in [2.05, 4.69) is 5.32 Å². The van der Waals surface area contributed by atoms with Crippen LogP contribution >= 0.6 is 0 Å². The molecule has 2 aliphatic heterocycles. The van der Waals surface area contributed by atoms with Gasteiger partial charge in [0.1, 0.15) is 5.82 Å². The molecule has 134 valence electrons. The molecule has 2 heterocycles. The lowest BCUT2D eigenvalue weighted by atomic mass is 10.1. The van der Waals surface area contributed by atoms with Gasteiger partial charge in [0, 0.05) is 19.5 Å². The van der Waals surface area contributed by atoms with E-state index in [0.29, 0.717) is 18.0 Å². The average molecular weight is 356 g/mol. The van der Waals surface area contributed by atoms with Crippen molar-refractivity contribution in [3.8, 4) is 11.5 Å². The maximum Gasteiger partial charge on any atom is 0.231 e. The van der Waals surface area contributed by atoms with Crippen LogP contribution in [0.25, 0.3) is 0 Å². The molecule has 2 aromatic carbocycles. The highest BCUT2D eigenvalue weighted by Gasteiger charge is 2.36. The fourth-order valence-electron chi connectivity index (χ4n) is 3.17. The quantitative estimate of drug-likeness (QED) is 0.912. The van der Waals surface area contributed by atoms with Crippen molar-refractivity contribution in [1.82, 2.24) is 5.32 Å². The fraction of sp³-hybridized carbons (Fsp3) is 0.263. The Bertz CT molecular complexity index is 870. The van der Waals surface area contributed by atoms with Gasteiger partial charge in [0.2, 0.25) is 18.6 Å². The molecule has 0 spiro atoms. The largest absolute Gasteiger partial charge is 0.454 e. The fourth-order valence-corrected chi connectivity index (χ4v) is 3.17. The summed E-state index contributed by atoms with van der Waals surface area (Å²) in [6.07, 6.45) is 0.0707. The van der Waals surface area contributed by atoms with Crippen molar-refractivity contribution in [2.24, 2.45) is 5.92 Å². The Balaban J connectivity index is 1.38. The number of amides is 2. The first-order valence-corrected chi connectivity index (χ1v) is 8.33. The molecule has 0 saturated carbocycles. The van der Waals surface area contributed by atoms with Crippen LogP contribution in [-0.2, 0) is 16.1 Å². The average Bonchev–Trinajstić information content (AvgIpc) is 3.26. The van der Waals surface area contributed by atoms with Crippen molar-refractivity contribution >= 4 is 17.5 Å². The van der Waals surface area contributed by atoms with Gasteiger partial charge in [-0.1, -0.05) is 18.2 Å². The van der Waals surface area contributed by atoms with E-state index in [0.717, 1.165) is 5.56 Å². The summed E-state index contributed by atoms with van der Waals surface area (Å²) < 4.78 is 24.5. The molecule has 0 radical (unpaired) electrons. The molecule has 0 aromatic heterocycles. The minimum Gasteiger partial charge on any atom is -0.454 e. The molecule has 2 amide bonds. The van der Waals surface area contributed by atoms with Crippen LogP contribution in [-0.4, -0.2) is 25.2 Å². The Labute approximate surface area is 149 Å². The Kier molecular flexibility index (Phi) is 4.20. The summed E-state index contributed by atoms with van der Waals surface area (Å²) in [6, 6.07) is 11.5. The second kappa shape index (κ2) is 6.67. The Hall–Kier alpha value is -3.09.